The molecule has 3 nitrogen and oxygen atoms in total. The molecular formula is C16H12O3. The number of hydrogen-bond acceptors (Lipinski definition) is 2. The molecule has 0 aliphatic heterocycles. The standard InChI is InChI=1S/C16H12O3/c17-15(13-4-2-1-3-5-13)11-8-12-6-9-14(10-7-12)16(18)19/h1-11H,(H,18,19)/b11-8-. The van der Waals surface area contributed by atoms with Crippen molar-refractivity contribution in [1.82, 2.24) is 0 Å². The number of carbonyl (C=O) groups excluding carboxylic acids is 1. The van der Waals surface area contributed by atoms with Gasteiger partial charge in [-0.3, -0.25) is 4.79 Å². The fourth-order valence-corrected chi connectivity index (χ4v) is 1.61. The highest BCUT2D eigenvalue weighted by Crippen LogP contribution is 2.08. The van der Waals surface area contributed by atoms with Crippen LogP contribution in [0.2, 0.25) is 0 Å². The third-order valence-corrected chi connectivity index (χ3v) is 2.64. The highest BCUT2D eigenvalue weighted by Gasteiger charge is 2.01. The van der Waals surface area contributed by atoms with E-state index in [1.165, 1.54) is 18.2 Å². The van der Waals surface area contributed by atoms with Crippen molar-refractivity contribution in [1.29, 1.82) is 0 Å². The van der Waals surface area contributed by atoms with Crippen LogP contribution in [0.3, 0.4) is 0 Å². The average molecular weight is 252 g/mol. The molecule has 0 bridgehead atoms. The summed E-state index contributed by atoms with van der Waals surface area (Å²) in [6.45, 7) is 0. The van der Waals surface area contributed by atoms with Crippen LogP contribution in [0.4, 0.5) is 0 Å². The third kappa shape index (κ3) is 3.39. The summed E-state index contributed by atoms with van der Waals surface area (Å²) in [5.41, 5.74) is 1.64. The van der Waals surface area contributed by atoms with E-state index < -0.39 is 5.97 Å². The van der Waals surface area contributed by atoms with Crippen molar-refractivity contribution in [3.05, 3.63) is 77.4 Å². The molecule has 0 aliphatic carbocycles. The molecule has 0 saturated carbocycles. The van der Waals surface area contributed by atoms with E-state index >= 15 is 0 Å². The van der Waals surface area contributed by atoms with Crippen LogP contribution in [0, 0.1) is 0 Å². The quantitative estimate of drug-likeness (QED) is 0.671. The Kier molecular flexibility index (Phi) is 3.88. The van der Waals surface area contributed by atoms with Crippen LogP contribution in [0.25, 0.3) is 6.08 Å². The van der Waals surface area contributed by atoms with E-state index in [1.807, 2.05) is 18.2 Å². The Labute approximate surface area is 110 Å². The van der Waals surface area contributed by atoms with Gasteiger partial charge in [-0.2, -0.15) is 0 Å². The van der Waals surface area contributed by atoms with E-state index in [9.17, 15) is 9.59 Å². The topological polar surface area (TPSA) is 54.4 Å². The molecule has 0 unspecified atom stereocenters. The lowest BCUT2D eigenvalue weighted by molar-refractivity contribution is 0.0696. The molecule has 2 aromatic carbocycles. The number of carbonyl (C=O) groups is 2. The van der Waals surface area contributed by atoms with Crippen LogP contribution >= 0.6 is 0 Å². The highest BCUT2D eigenvalue weighted by atomic mass is 16.4. The van der Waals surface area contributed by atoms with Gasteiger partial charge in [-0.15, -0.1) is 0 Å². The predicted octanol–water partition coefficient (Wildman–Crippen LogP) is 3.28. The van der Waals surface area contributed by atoms with Gasteiger partial charge in [-0.1, -0.05) is 48.5 Å². The van der Waals surface area contributed by atoms with Crippen molar-refractivity contribution < 1.29 is 14.7 Å². The first kappa shape index (κ1) is 12.8. The van der Waals surface area contributed by atoms with E-state index in [0.717, 1.165) is 5.56 Å². The Morgan fingerprint density at radius 1 is 0.842 bits per heavy atom. The van der Waals surface area contributed by atoms with Gasteiger partial charge in [0, 0.05) is 5.56 Å². The van der Waals surface area contributed by atoms with Gasteiger partial charge in [0.2, 0.25) is 0 Å². The first-order valence-corrected chi connectivity index (χ1v) is 5.77. The van der Waals surface area contributed by atoms with E-state index in [-0.39, 0.29) is 11.3 Å². The number of rotatable bonds is 4. The molecule has 0 fully saturated rings. The molecule has 0 radical (unpaired) electrons. The van der Waals surface area contributed by atoms with Crippen LogP contribution in [-0.2, 0) is 0 Å². The van der Waals surface area contributed by atoms with Gasteiger partial charge in [-0.25, -0.2) is 4.79 Å². The van der Waals surface area contributed by atoms with E-state index in [0.29, 0.717) is 5.56 Å². The Bertz CT molecular complexity index is 610. The molecule has 2 rings (SSSR count). The van der Waals surface area contributed by atoms with E-state index in [1.54, 1.807) is 30.3 Å². The summed E-state index contributed by atoms with van der Waals surface area (Å²) in [4.78, 5) is 22.5. The van der Waals surface area contributed by atoms with Crippen LogP contribution in [0.15, 0.2) is 60.7 Å². The van der Waals surface area contributed by atoms with Crippen molar-refractivity contribution in [2.75, 3.05) is 0 Å². The lowest BCUT2D eigenvalue weighted by Gasteiger charge is -1.96. The molecule has 0 atom stereocenters. The Hall–Kier alpha value is -2.68. The summed E-state index contributed by atoms with van der Waals surface area (Å²) in [7, 11) is 0. The van der Waals surface area contributed by atoms with Gasteiger partial charge in [0.25, 0.3) is 0 Å². The largest absolute Gasteiger partial charge is 0.478 e. The number of aromatic carboxylic acids is 1. The van der Waals surface area contributed by atoms with Crippen LogP contribution in [-0.4, -0.2) is 16.9 Å². The molecule has 0 aliphatic rings. The molecule has 0 saturated heterocycles. The molecule has 94 valence electrons. The Morgan fingerprint density at radius 3 is 2.05 bits per heavy atom. The minimum Gasteiger partial charge on any atom is -0.478 e. The fourth-order valence-electron chi connectivity index (χ4n) is 1.61. The first-order valence-electron chi connectivity index (χ1n) is 5.77. The van der Waals surface area contributed by atoms with Gasteiger partial charge in [-0.05, 0) is 23.8 Å². The van der Waals surface area contributed by atoms with Crippen molar-refractivity contribution in [2.24, 2.45) is 0 Å². The van der Waals surface area contributed by atoms with Gasteiger partial charge in [0.1, 0.15) is 0 Å². The maximum atomic E-state index is 11.8. The summed E-state index contributed by atoms with van der Waals surface area (Å²) in [5, 5.41) is 8.77. The zero-order valence-corrected chi connectivity index (χ0v) is 10.1. The highest BCUT2D eigenvalue weighted by molar-refractivity contribution is 6.06. The average Bonchev–Trinajstić information content (AvgIpc) is 2.46. The van der Waals surface area contributed by atoms with Crippen LogP contribution in [0.1, 0.15) is 26.3 Å². The number of allylic oxidation sites excluding steroid dienone is 1. The van der Waals surface area contributed by atoms with Gasteiger partial charge < -0.3 is 5.11 Å². The first-order chi connectivity index (χ1) is 9.16. The molecule has 1 N–H and O–H groups in total. The van der Waals surface area contributed by atoms with Crippen molar-refractivity contribution in [3.63, 3.8) is 0 Å². The lowest BCUT2D eigenvalue weighted by atomic mass is 10.1. The number of benzene rings is 2. The second-order valence-corrected chi connectivity index (χ2v) is 3.99. The number of hydrogen-bond donors (Lipinski definition) is 1. The minimum absolute atomic E-state index is 0.0806. The summed E-state index contributed by atoms with van der Waals surface area (Å²) < 4.78 is 0. The van der Waals surface area contributed by atoms with Crippen molar-refractivity contribution >= 4 is 17.8 Å². The van der Waals surface area contributed by atoms with Gasteiger partial charge >= 0.3 is 5.97 Å². The van der Waals surface area contributed by atoms with Gasteiger partial charge in [0.05, 0.1) is 5.56 Å². The third-order valence-electron chi connectivity index (χ3n) is 2.64. The normalized spacial score (nSPS) is 10.5. The van der Waals surface area contributed by atoms with Crippen molar-refractivity contribution in [3.8, 4) is 0 Å². The predicted molar refractivity (Wildman–Crippen MR) is 73.2 cm³/mol. The molecule has 0 heterocycles. The Morgan fingerprint density at radius 2 is 1.47 bits per heavy atom. The maximum absolute atomic E-state index is 11.8. The van der Waals surface area contributed by atoms with Crippen molar-refractivity contribution in [2.45, 2.75) is 0 Å². The van der Waals surface area contributed by atoms with Gasteiger partial charge in [0.15, 0.2) is 5.78 Å². The number of carboxylic acid groups (broad SMARTS) is 1. The molecule has 3 heteroatoms. The molecule has 19 heavy (non-hydrogen) atoms. The number of carboxylic acids is 1. The molecule has 0 spiro atoms. The molecule has 0 amide bonds. The van der Waals surface area contributed by atoms with E-state index in [2.05, 4.69) is 0 Å². The monoisotopic (exact) mass is 252 g/mol. The number of ketones is 1. The SMILES string of the molecule is O=C(O)c1ccc(/C=C\C(=O)c2ccccc2)cc1. The molecular weight excluding hydrogens is 240 g/mol. The summed E-state index contributed by atoms with van der Waals surface area (Å²) >= 11 is 0. The fraction of sp³-hybridized carbons (Fsp3) is 0. The molecule has 0 aromatic heterocycles. The van der Waals surface area contributed by atoms with Crippen LogP contribution in [0.5, 0.6) is 0 Å². The summed E-state index contributed by atoms with van der Waals surface area (Å²) in [5.74, 6) is -1.04. The minimum atomic E-state index is -0.962. The second kappa shape index (κ2) is 5.78. The molecule has 2 aromatic rings. The zero-order chi connectivity index (χ0) is 13.7. The smallest absolute Gasteiger partial charge is 0.335 e. The summed E-state index contributed by atoms with van der Waals surface area (Å²) in [6.07, 6.45) is 3.14. The zero-order valence-electron chi connectivity index (χ0n) is 10.1. The van der Waals surface area contributed by atoms with E-state index in [4.69, 9.17) is 5.11 Å². The van der Waals surface area contributed by atoms with Crippen LogP contribution < -0.4 is 0 Å². The second-order valence-electron chi connectivity index (χ2n) is 3.99. The summed E-state index contributed by atoms with van der Waals surface area (Å²) in [6, 6.07) is 15.3. The Balaban J connectivity index is 2.10. The maximum Gasteiger partial charge on any atom is 0.335 e. The lowest BCUT2D eigenvalue weighted by Crippen LogP contribution is -1.95.